The molecule has 90 valence electrons. The summed E-state index contributed by atoms with van der Waals surface area (Å²) in [5.41, 5.74) is 0.979. The Hall–Kier alpha value is -0.320. The number of aliphatic hydroxyl groups excluding tert-OH is 1. The van der Waals surface area contributed by atoms with Crippen LogP contribution in [0, 0.1) is 0 Å². The Morgan fingerprint density at radius 1 is 1.31 bits per heavy atom. The van der Waals surface area contributed by atoms with E-state index in [9.17, 15) is 0 Å². The van der Waals surface area contributed by atoms with E-state index in [-0.39, 0.29) is 12.6 Å². The Balaban J connectivity index is 2.52. The first-order chi connectivity index (χ1) is 7.65. The van der Waals surface area contributed by atoms with Gasteiger partial charge in [-0.2, -0.15) is 0 Å². The molecule has 0 aliphatic carbocycles. The molecule has 0 saturated carbocycles. The maximum absolute atomic E-state index is 9.05. The highest BCUT2D eigenvalue weighted by Gasteiger charge is 2.06. The summed E-state index contributed by atoms with van der Waals surface area (Å²) in [6.07, 6.45) is 0. The number of benzene rings is 1. The average Bonchev–Trinajstić information content (AvgIpc) is 2.23. The molecule has 0 fully saturated rings. The van der Waals surface area contributed by atoms with Gasteiger partial charge in [-0.05, 0) is 23.8 Å². The van der Waals surface area contributed by atoms with Crippen molar-refractivity contribution in [1.29, 1.82) is 0 Å². The van der Waals surface area contributed by atoms with E-state index in [2.05, 4.69) is 5.32 Å². The number of rotatable bonds is 6. The summed E-state index contributed by atoms with van der Waals surface area (Å²) in [7, 11) is 1.60. The number of aliphatic hydroxyl groups is 1. The molecule has 0 bridgehead atoms. The van der Waals surface area contributed by atoms with E-state index in [4.69, 9.17) is 33.0 Å². The number of nitrogens with one attached hydrogen (secondary N) is 1. The van der Waals surface area contributed by atoms with Crippen LogP contribution in [0.25, 0.3) is 0 Å². The van der Waals surface area contributed by atoms with Gasteiger partial charge in [0.2, 0.25) is 0 Å². The minimum atomic E-state index is -0.0808. The molecule has 0 saturated heterocycles. The highest BCUT2D eigenvalue weighted by Crippen LogP contribution is 2.18. The Kier molecular flexibility index (Phi) is 6.09. The largest absolute Gasteiger partial charge is 0.395 e. The van der Waals surface area contributed by atoms with Crippen LogP contribution < -0.4 is 5.32 Å². The molecule has 2 N–H and O–H groups in total. The van der Waals surface area contributed by atoms with Gasteiger partial charge in [0.1, 0.15) is 0 Å². The minimum Gasteiger partial charge on any atom is -0.395 e. The van der Waals surface area contributed by atoms with Gasteiger partial charge in [0.05, 0.1) is 19.3 Å². The molecule has 0 aromatic heterocycles. The molecule has 0 aliphatic rings. The lowest BCUT2D eigenvalue weighted by Crippen LogP contribution is -2.35. The van der Waals surface area contributed by atoms with Crippen LogP contribution in [0.1, 0.15) is 5.56 Å². The summed E-state index contributed by atoms with van der Waals surface area (Å²) in [5, 5.41) is 13.4. The van der Waals surface area contributed by atoms with Crippen LogP contribution in [0.2, 0.25) is 10.0 Å². The van der Waals surface area contributed by atoms with Crippen LogP contribution in [0.15, 0.2) is 18.2 Å². The fraction of sp³-hybridized carbons (Fsp3) is 0.455. The summed E-state index contributed by atoms with van der Waals surface area (Å²) < 4.78 is 4.96. The minimum absolute atomic E-state index is 0.0299. The SMILES string of the molecule is COCC(CO)NCc1cc(Cl)cc(Cl)c1. The summed E-state index contributed by atoms with van der Waals surface area (Å²) in [6.45, 7) is 1.09. The molecule has 16 heavy (non-hydrogen) atoms. The van der Waals surface area contributed by atoms with Crippen molar-refractivity contribution in [1.82, 2.24) is 5.32 Å². The molecule has 0 radical (unpaired) electrons. The fourth-order valence-electron chi connectivity index (χ4n) is 1.35. The van der Waals surface area contributed by atoms with Gasteiger partial charge >= 0.3 is 0 Å². The van der Waals surface area contributed by atoms with Crippen molar-refractivity contribution in [3.05, 3.63) is 33.8 Å². The third kappa shape index (κ3) is 4.68. The van der Waals surface area contributed by atoms with Crippen LogP contribution in [0.4, 0.5) is 0 Å². The summed E-state index contributed by atoms with van der Waals surface area (Å²) in [4.78, 5) is 0. The van der Waals surface area contributed by atoms with Crippen LogP contribution in [-0.4, -0.2) is 31.5 Å². The summed E-state index contributed by atoms with van der Waals surface area (Å²) >= 11 is 11.7. The summed E-state index contributed by atoms with van der Waals surface area (Å²) in [5.74, 6) is 0. The molecule has 0 amide bonds. The zero-order valence-corrected chi connectivity index (χ0v) is 10.6. The molecule has 0 aliphatic heterocycles. The molecule has 1 unspecified atom stereocenters. The predicted octanol–water partition coefficient (Wildman–Crippen LogP) is 2.09. The lowest BCUT2D eigenvalue weighted by atomic mass is 10.2. The monoisotopic (exact) mass is 263 g/mol. The quantitative estimate of drug-likeness (QED) is 0.826. The van der Waals surface area contributed by atoms with Crippen molar-refractivity contribution in [2.24, 2.45) is 0 Å². The second-order valence-corrected chi connectivity index (χ2v) is 4.37. The lowest BCUT2D eigenvalue weighted by molar-refractivity contribution is 0.128. The van der Waals surface area contributed by atoms with Crippen molar-refractivity contribution in [2.45, 2.75) is 12.6 Å². The maximum atomic E-state index is 9.05. The van der Waals surface area contributed by atoms with E-state index in [1.54, 1.807) is 13.2 Å². The second-order valence-electron chi connectivity index (χ2n) is 3.49. The number of ether oxygens (including phenoxy) is 1. The molecule has 1 rings (SSSR count). The fourth-order valence-corrected chi connectivity index (χ4v) is 1.92. The van der Waals surface area contributed by atoms with E-state index in [0.717, 1.165) is 5.56 Å². The van der Waals surface area contributed by atoms with E-state index in [0.29, 0.717) is 23.2 Å². The highest BCUT2D eigenvalue weighted by molar-refractivity contribution is 6.34. The van der Waals surface area contributed by atoms with Gasteiger partial charge in [0.15, 0.2) is 0 Å². The highest BCUT2D eigenvalue weighted by atomic mass is 35.5. The molecule has 1 aromatic carbocycles. The Morgan fingerprint density at radius 3 is 2.44 bits per heavy atom. The van der Waals surface area contributed by atoms with Gasteiger partial charge in [0.25, 0.3) is 0 Å². The first kappa shape index (κ1) is 13.7. The molecule has 3 nitrogen and oxygen atoms in total. The smallest absolute Gasteiger partial charge is 0.0638 e. The molecule has 0 spiro atoms. The molecule has 1 aromatic rings. The average molecular weight is 264 g/mol. The van der Waals surface area contributed by atoms with Crippen LogP contribution in [0.5, 0.6) is 0 Å². The van der Waals surface area contributed by atoms with Gasteiger partial charge in [-0.3, -0.25) is 0 Å². The van der Waals surface area contributed by atoms with E-state index >= 15 is 0 Å². The van der Waals surface area contributed by atoms with Crippen molar-refractivity contribution in [3.63, 3.8) is 0 Å². The number of halogens is 2. The Labute approximate surface area is 105 Å². The van der Waals surface area contributed by atoms with E-state index < -0.39 is 0 Å². The third-order valence-corrected chi connectivity index (χ3v) is 2.54. The van der Waals surface area contributed by atoms with Crippen LogP contribution in [0.3, 0.4) is 0 Å². The van der Waals surface area contributed by atoms with Gasteiger partial charge in [-0.15, -0.1) is 0 Å². The van der Waals surface area contributed by atoms with E-state index in [1.807, 2.05) is 12.1 Å². The molecule has 1 atom stereocenters. The lowest BCUT2D eigenvalue weighted by Gasteiger charge is -2.15. The van der Waals surface area contributed by atoms with Gasteiger partial charge in [-0.1, -0.05) is 23.2 Å². The first-order valence-electron chi connectivity index (χ1n) is 4.94. The Bertz CT molecular complexity index is 314. The van der Waals surface area contributed by atoms with E-state index in [1.165, 1.54) is 0 Å². The Morgan fingerprint density at radius 2 is 1.94 bits per heavy atom. The molecular formula is C11H15Cl2NO2. The zero-order valence-electron chi connectivity index (χ0n) is 9.04. The van der Waals surface area contributed by atoms with Crippen LogP contribution in [-0.2, 0) is 11.3 Å². The van der Waals surface area contributed by atoms with Crippen molar-refractivity contribution >= 4 is 23.2 Å². The standard InChI is InChI=1S/C11H15Cl2NO2/c1-16-7-11(6-15)14-5-8-2-9(12)4-10(13)3-8/h2-4,11,14-15H,5-7H2,1H3. The number of methoxy groups -OCH3 is 1. The van der Waals surface area contributed by atoms with Gasteiger partial charge < -0.3 is 15.2 Å². The predicted molar refractivity (Wildman–Crippen MR) is 66.1 cm³/mol. The number of hydrogen-bond acceptors (Lipinski definition) is 3. The first-order valence-corrected chi connectivity index (χ1v) is 5.69. The van der Waals surface area contributed by atoms with Crippen molar-refractivity contribution < 1.29 is 9.84 Å². The third-order valence-electron chi connectivity index (χ3n) is 2.11. The maximum Gasteiger partial charge on any atom is 0.0638 e. The van der Waals surface area contributed by atoms with Gasteiger partial charge in [0, 0.05) is 23.7 Å². The molecular weight excluding hydrogens is 249 g/mol. The second kappa shape index (κ2) is 7.09. The zero-order chi connectivity index (χ0) is 12.0. The van der Waals surface area contributed by atoms with Crippen LogP contribution >= 0.6 is 23.2 Å². The normalized spacial score (nSPS) is 12.8. The molecule has 5 heteroatoms. The topological polar surface area (TPSA) is 41.5 Å². The summed E-state index contributed by atoms with van der Waals surface area (Å²) in [6, 6.07) is 5.28. The number of hydrogen-bond donors (Lipinski definition) is 2. The molecule has 0 heterocycles. The van der Waals surface area contributed by atoms with Crippen molar-refractivity contribution in [2.75, 3.05) is 20.3 Å². The van der Waals surface area contributed by atoms with Gasteiger partial charge in [-0.25, -0.2) is 0 Å². The van der Waals surface area contributed by atoms with Crippen molar-refractivity contribution in [3.8, 4) is 0 Å².